The minimum absolute atomic E-state index is 0.225. The Morgan fingerprint density at radius 3 is 2.50 bits per heavy atom. The molecule has 26 heavy (non-hydrogen) atoms. The Kier molecular flexibility index (Phi) is 5.24. The lowest BCUT2D eigenvalue weighted by atomic mass is 9.95. The fourth-order valence-electron chi connectivity index (χ4n) is 2.46. The third kappa shape index (κ3) is 3.85. The smallest absolute Gasteiger partial charge is 0.267 e. The summed E-state index contributed by atoms with van der Waals surface area (Å²) in [4.78, 5) is 17.7. The summed E-state index contributed by atoms with van der Waals surface area (Å²) in [5.41, 5.74) is 0.789. The Labute approximate surface area is 169 Å². The first-order chi connectivity index (χ1) is 12.2. The highest BCUT2D eigenvalue weighted by molar-refractivity contribution is 9.10. The summed E-state index contributed by atoms with van der Waals surface area (Å²) in [6.07, 6.45) is 1.57. The Morgan fingerprint density at radius 2 is 1.85 bits per heavy atom. The van der Waals surface area contributed by atoms with Crippen LogP contribution < -0.4 is 5.56 Å². The van der Waals surface area contributed by atoms with Crippen LogP contribution >= 0.6 is 39.1 Å². The first-order valence-electron chi connectivity index (χ1n) is 7.89. The number of benzene rings is 2. The van der Waals surface area contributed by atoms with E-state index in [1.54, 1.807) is 30.5 Å². The van der Waals surface area contributed by atoms with E-state index in [-0.39, 0.29) is 11.0 Å². The van der Waals surface area contributed by atoms with E-state index in [1.807, 2.05) is 32.9 Å². The molecule has 0 aliphatic carbocycles. The molecule has 0 amide bonds. The van der Waals surface area contributed by atoms with Gasteiger partial charge in [-0.15, -0.1) is 0 Å². The molecule has 7 heteroatoms. The lowest BCUT2D eigenvalue weighted by molar-refractivity contribution is 0.506. The zero-order valence-corrected chi connectivity index (χ0v) is 17.5. The van der Waals surface area contributed by atoms with Gasteiger partial charge >= 0.3 is 0 Å². The zero-order chi connectivity index (χ0) is 19.1. The van der Waals surface area contributed by atoms with Crippen LogP contribution in [0.2, 0.25) is 10.0 Å². The molecule has 0 unspecified atom stereocenters. The summed E-state index contributed by atoms with van der Waals surface area (Å²) >= 11 is 15.4. The van der Waals surface area contributed by atoms with E-state index in [1.165, 1.54) is 4.68 Å². The number of halogens is 3. The van der Waals surface area contributed by atoms with Gasteiger partial charge in [0, 0.05) is 9.89 Å². The zero-order valence-electron chi connectivity index (χ0n) is 14.4. The van der Waals surface area contributed by atoms with Crippen LogP contribution in [-0.4, -0.2) is 15.9 Å². The van der Waals surface area contributed by atoms with Gasteiger partial charge in [0.25, 0.3) is 5.56 Å². The van der Waals surface area contributed by atoms with Crippen molar-refractivity contribution in [1.29, 1.82) is 0 Å². The van der Waals surface area contributed by atoms with Crippen LogP contribution in [0.1, 0.15) is 32.2 Å². The number of hydrogen-bond acceptors (Lipinski definition) is 3. The Balaban J connectivity index is 2.22. The predicted molar refractivity (Wildman–Crippen MR) is 112 cm³/mol. The standard InChI is InChI=1S/C19H16BrCl2N3O/c1-19(2,3)18-24-16-7-5-12(20)9-13(16)17(26)25(18)23-10-11-4-6-14(21)15(22)8-11/h4-10H,1-3H3. The molecule has 0 saturated heterocycles. The summed E-state index contributed by atoms with van der Waals surface area (Å²) in [7, 11) is 0. The molecule has 0 aliphatic rings. The van der Waals surface area contributed by atoms with Crippen molar-refractivity contribution >= 4 is 56.2 Å². The summed E-state index contributed by atoms with van der Waals surface area (Å²) in [5.74, 6) is 0.577. The first kappa shape index (κ1) is 19.1. The average molecular weight is 453 g/mol. The summed E-state index contributed by atoms with van der Waals surface area (Å²) < 4.78 is 2.16. The van der Waals surface area contributed by atoms with Gasteiger partial charge in [-0.3, -0.25) is 4.79 Å². The van der Waals surface area contributed by atoms with E-state index in [0.29, 0.717) is 26.8 Å². The summed E-state index contributed by atoms with van der Waals surface area (Å²) in [6, 6.07) is 10.6. The van der Waals surface area contributed by atoms with Gasteiger partial charge in [0.2, 0.25) is 0 Å². The molecule has 0 radical (unpaired) electrons. The Morgan fingerprint density at radius 1 is 1.12 bits per heavy atom. The minimum Gasteiger partial charge on any atom is -0.267 e. The number of rotatable bonds is 2. The number of fused-ring (bicyclic) bond motifs is 1. The molecular formula is C19H16BrCl2N3O. The molecule has 4 nitrogen and oxygen atoms in total. The topological polar surface area (TPSA) is 47.2 Å². The van der Waals surface area contributed by atoms with E-state index in [2.05, 4.69) is 26.0 Å². The molecule has 134 valence electrons. The van der Waals surface area contributed by atoms with E-state index in [0.717, 1.165) is 10.0 Å². The van der Waals surface area contributed by atoms with E-state index >= 15 is 0 Å². The van der Waals surface area contributed by atoms with Gasteiger partial charge in [-0.05, 0) is 35.9 Å². The van der Waals surface area contributed by atoms with Gasteiger partial charge in [0.05, 0.1) is 27.2 Å². The van der Waals surface area contributed by atoms with E-state index < -0.39 is 0 Å². The summed E-state index contributed by atoms with van der Waals surface area (Å²) in [6.45, 7) is 5.97. The molecule has 3 rings (SSSR count). The van der Waals surface area contributed by atoms with Crippen LogP contribution in [0.25, 0.3) is 10.9 Å². The molecule has 0 saturated carbocycles. The maximum atomic E-state index is 13.0. The second-order valence-electron chi connectivity index (χ2n) is 6.88. The molecule has 0 bridgehead atoms. The van der Waals surface area contributed by atoms with Crippen LogP contribution in [0, 0.1) is 0 Å². The maximum Gasteiger partial charge on any atom is 0.282 e. The highest BCUT2D eigenvalue weighted by Gasteiger charge is 2.22. The van der Waals surface area contributed by atoms with Crippen LogP contribution in [0.3, 0.4) is 0 Å². The van der Waals surface area contributed by atoms with Crippen LogP contribution in [0.4, 0.5) is 0 Å². The van der Waals surface area contributed by atoms with Gasteiger partial charge in [-0.1, -0.05) is 66.0 Å². The van der Waals surface area contributed by atoms with Gasteiger partial charge in [-0.2, -0.15) is 9.78 Å². The minimum atomic E-state index is -0.366. The Hall–Kier alpha value is -1.69. The number of nitrogens with zero attached hydrogens (tertiary/aromatic N) is 3. The largest absolute Gasteiger partial charge is 0.282 e. The highest BCUT2D eigenvalue weighted by atomic mass is 79.9. The second kappa shape index (κ2) is 7.14. The lowest BCUT2D eigenvalue weighted by Gasteiger charge is -2.20. The van der Waals surface area contributed by atoms with Crippen molar-refractivity contribution in [2.75, 3.05) is 0 Å². The molecule has 3 aromatic rings. The van der Waals surface area contributed by atoms with Crippen molar-refractivity contribution in [2.24, 2.45) is 5.10 Å². The monoisotopic (exact) mass is 451 g/mol. The van der Waals surface area contributed by atoms with Crippen molar-refractivity contribution in [3.63, 3.8) is 0 Å². The predicted octanol–water partition coefficient (Wildman–Crippen LogP) is 5.65. The van der Waals surface area contributed by atoms with Crippen molar-refractivity contribution in [1.82, 2.24) is 9.66 Å². The molecule has 0 spiro atoms. The molecule has 1 heterocycles. The third-order valence-electron chi connectivity index (χ3n) is 3.75. The van der Waals surface area contributed by atoms with Gasteiger partial charge in [-0.25, -0.2) is 4.98 Å². The molecule has 0 fully saturated rings. The normalized spacial score (nSPS) is 12.2. The van der Waals surface area contributed by atoms with Crippen LogP contribution in [0.5, 0.6) is 0 Å². The third-order valence-corrected chi connectivity index (χ3v) is 4.98. The Bertz CT molecular complexity index is 1080. The molecule has 0 atom stereocenters. The van der Waals surface area contributed by atoms with Crippen molar-refractivity contribution in [3.05, 3.63) is 72.7 Å². The van der Waals surface area contributed by atoms with Crippen molar-refractivity contribution in [2.45, 2.75) is 26.2 Å². The van der Waals surface area contributed by atoms with E-state index in [4.69, 9.17) is 23.2 Å². The van der Waals surface area contributed by atoms with Gasteiger partial charge < -0.3 is 0 Å². The van der Waals surface area contributed by atoms with Gasteiger partial charge in [0.15, 0.2) is 0 Å². The quantitative estimate of drug-likeness (QED) is 0.472. The first-order valence-corrected chi connectivity index (χ1v) is 9.44. The van der Waals surface area contributed by atoms with Crippen LogP contribution in [-0.2, 0) is 5.41 Å². The molecule has 0 aliphatic heterocycles. The van der Waals surface area contributed by atoms with E-state index in [9.17, 15) is 4.79 Å². The van der Waals surface area contributed by atoms with Gasteiger partial charge in [0.1, 0.15) is 5.82 Å². The van der Waals surface area contributed by atoms with Crippen molar-refractivity contribution < 1.29 is 0 Å². The molecule has 1 aromatic heterocycles. The molecule has 2 aromatic carbocycles. The second-order valence-corrected chi connectivity index (χ2v) is 8.61. The maximum absolute atomic E-state index is 13.0. The number of aromatic nitrogens is 2. The average Bonchev–Trinajstić information content (AvgIpc) is 2.56. The molecule has 0 N–H and O–H groups in total. The van der Waals surface area contributed by atoms with Crippen LogP contribution in [0.15, 0.2) is 50.8 Å². The fraction of sp³-hybridized carbons (Fsp3) is 0.211. The SMILES string of the molecule is CC(C)(C)c1nc2ccc(Br)cc2c(=O)n1N=Cc1ccc(Cl)c(Cl)c1. The number of hydrogen-bond donors (Lipinski definition) is 0. The van der Waals surface area contributed by atoms with Crippen molar-refractivity contribution in [3.8, 4) is 0 Å². The molecular weight excluding hydrogens is 437 g/mol. The highest BCUT2D eigenvalue weighted by Crippen LogP contribution is 2.24. The summed E-state index contributed by atoms with van der Waals surface area (Å²) in [5, 5.41) is 5.79. The fourth-order valence-corrected chi connectivity index (χ4v) is 3.13. The lowest BCUT2D eigenvalue weighted by Crippen LogP contribution is -2.29.